The fourth-order valence-corrected chi connectivity index (χ4v) is 7.53. The second-order valence-corrected chi connectivity index (χ2v) is 14.5. The highest BCUT2D eigenvalue weighted by Gasteiger charge is 2.32. The molecule has 2 aromatic carbocycles. The van der Waals surface area contributed by atoms with Gasteiger partial charge in [-0.3, -0.25) is 0 Å². The van der Waals surface area contributed by atoms with Crippen LogP contribution in [-0.4, -0.2) is 20.4 Å². The van der Waals surface area contributed by atoms with Crippen molar-refractivity contribution in [3.63, 3.8) is 0 Å². The lowest BCUT2D eigenvalue weighted by atomic mass is 9.71. The summed E-state index contributed by atoms with van der Waals surface area (Å²) in [5.41, 5.74) is 7.23. The summed E-state index contributed by atoms with van der Waals surface area (Å²) >= 11 is 0. The molecular formula is C42H64O4. The number of hydrogen-bond donors (Lipinski definition) is 4. The lowest BCUT2D eigenvalue weighted by Gasteiger charge is -2.33. The van der Waals surface area contributed by atoms with E-state index in [1.54, 1.807) is 0 Å². The lowest BCUT2D eigenvalue weighted by molar-refractivity contribution is 0.304. The summed E-state index contributed by atoms with van der Waals surface area (Å²) in [6, 6.07) is 7.38. The molecule has 4 rings (SSSR count). The van der Waals surface area contributed by atoms with E-state index in [1.807, 2.05) is 31.2 Å². The van der Waals surface area contributed by atoms with Crippen LogP contribution >= 0.6 is 0 Å². The molecule has 46 heavy (non-hydrogen) atoms. The Balaban J connectivity index is 0.000000320. The van der Waals surface area contributed by atoms with Crippen molar-refractivity contribution in [1.29, 1.82) is 0 Å². The maximum absolute atomic E-state index is 10.6. The Morgan fingerprint density at radius 1 is 0.717 bits per heavy atom. The second-order valence-electron chi connectivity index (χ2n) is 14.5. The predicted molar refractivity (Wildman–Crippen MR) is 196 cm³/mol. The second kappa shape index (κ2) is 17.7. The molecule has 2 aliphatic rings. The zero-order valence-electron chi connectivity index (χ0n) is 29.8. The van der Waals surface area contributed by atoms with Crippen LogP contribution in [0.15, 0.2) is 59.7 Å². The zero-order valence-corrected chi connectivity index (χ0v) is 29.8. The van der Waals surface area contributed by atoms with Crippen molar-refractivity contribution in [1.82, 2.24) is 0 Å². The monoisotopic (exact) mass is 632 g/mol. The molecule has 0 radical (unpaired) electrons. The third kappa shape index (κ3) is 9.93. The minimum absolute atomic E-state index is 0. The van der Waals surface area contributed by atoms with Crippen LogP contribution in [0.4, 0.5) is 0 Å². The van der Waals surface area contributed by atoms with Crippen molar-refractivity contribution in [2.45, 2.75) is 137 Å². The minimum Gasteiger partial charge on any atom is -0.507 e. The van der Waals surface area contributed by atoms with Crippen LogP contribution in [0.25, 0.3) is 0 Å². The van der Waals surface area contributed by atoms with Gasteiger partial charge in [0.1, 0.15) is 23.0 Å². The van der Waals surface area contributed by atoms with Gasteiger partial charge in [-0.25, -0.2) is 0 Å². The standard InChI is InChI=1S/C21H32O2.C21H30O2.H2/c2*1-5-6-7-8-16-12-19(22)21(20(23)13-16)18-11-15(4)9-10-17(18)14(2)3;/h11-14,17-18,22-23H,5-10H2,1-4H3;11-13,17-18,22-23H,2,5-10H2,1,3-4H3;1H/t2*17-,18?;/m00./s1. The van der Waals surface area contributed by atoms with Crippen LogP contribution in [-0.2, 0) is 12.8 Å². The molecule has 2 aromatic rings. The Labute approximate surface area is 281 Å². The Morgan fingerprint density at radius 3 is 1.54 bits per heavy atom. The number of aryl methyl sites for hydroxylation is 2. The van der Waals surface area contributed by atoms with Gasteiger partial charge in [0.15, 0.2) is 0 Å². The summed E-state index contributed by atoms with van der Waals surface area (Å²) in [6.07, 6.45) is 17.5. The first kappa shape index (κ1) is 37.3. The minimum atomic E-state index is 0. The van der Waals surface area contributed by atoms with E-state index < -0.39 is 0 Å². The van der Waals surface area contributed by atoms with Crippen molar-refractivity contribution < 1.29 is 21.9 Å². The maximum Gasteiger partial charge on any atom is 0.123 e. The summed E-state index contributed by atoms with van der Waals surface area (Å²) in [6.45, 7) is 19.3. The highest BCUT2D eigenvalue weighted by Crippen LogP contribution is 2.48. The van der Waals surface area contributed by atoms with Gasteiger partial charge in [0.25, 0.3) is 0 Å². The first-order valence-electron chi connectivity index (χ1n) is 18.0. The van der Waals surface area contributed by atoms with Crippen molar-refractivity contribution in [3.05, 3.63) is 82.0 Å². The molecule has 0 bridgehead atoms. The predicted octanol–water partition coefficient (Wildman–Crippen LogP) is 12.0. The Hall–Kier alpha value is -3.14. The van der Waals surface area contributed by atoms with Crippen molar-refractivity contribution in [2.24, 2.45) is 17.8 Å². The number of allylic oxidation sites excluding steroid dienone is 5. The topological polar surface area (TPSA) is 80.9 Å². The Morgan fingerprint density at radius 2 is 1.13 bits per heavy atom. The average molecular weight is 633 g/mol. The van der Waals surface area contributed by atoms with E-state index in [1.165, 1.54) is 36.8 Å². The molecule has 0 aromatic heterocycles. The van der Waals surface area contributed by atoms with Gasteiger partial charge in [-0.05, 0) is 125 Å². The van der Waals surface area contributed by atoms with E-state index >= 15 is 0 Å². The molecule has 2 unspecified atom stereocenters. The quantitative estimate of drug-likeness (QED) is 0.139. The van der Waals surface area contributed by atoms with Crippen LogP contribution in [0.3, 0.4) is 0 Å². The molecule has 256 valence electrons. The molecule has 4 atom stereocenters. The molecule has 4 nitrogen and oxygen atoms in total. The fraction of sp³-hybridized carbons (Fsp3) is 0.571. The van der Waals surface area contributed by atoms with E-state index in [-0.39, 0.29) is 42.2 Å². The van der Waals surface area contributed by atoms with Gasteiger partial charge in [-0.15, -0.1) is 0 Å². The van der Waals surface area contributed by atoms with Crippen LogP contribution in [0.1, 0.15) is 148 Å². The highest BCUT2D eigenvalue weighted by molar-refractivity contribution is 5.52. The normalized spacial score (nSPS) is 21.3. The number of hydrogen-bond acceptors (Lipinski definition) is 4. The number of phenolic OH excluding ortho intramolecular Hbond substituents is 4. The molecule has 0 saturated carbocycles. The molecule has 0 spiro atoms. The van der Waals surface area contributed by atoms with Crippen molar-refractivity contribution in [2.75, 3.05) is 0 Å². The molecule has 0 amide bonds. The number of aromatic hydroxyl groups is 4. The van der Waals surface area contributed by atoms with E-state index in [2.05, 4.69) is 60.3 Å². The van der Waals surface area contributed by atoms with E-state index in [0.717, 1.165) is 73.6 Å². The molecular weight excluding hydrogens is 568 g/mol. The molecule has 0 heterocycles. The lowest BCUT2D eigenvalue weighted by Crippen LogP contribution is -2.21. The van der Waals surface area contributed by atoms with Crippen LogP contribution in [0.2, 0.25) is 0 Å². The Bertz CT molecular complexity index is 1320. The third-order valence-corrected chi connectivity index (χ3v) is 10.2. The van der Waals surface area contributed by atoms with E-state index in [9.17, 15) is 20.4 Å². The third-order valence-electron chi connectivity index (χ3n) is 10.2. The van der Waals surface area contributed by atoms with Crippen LogP contribution < -0.4 is 0 Å². The molecule has 4 heteroatoms. The Kier molecular flexibility index (Phi) is 14.3. The van der Waals surface area contributed by atoms with E-state index in [4.69, 9.17) is 0 Å². The first-order valence-corrected chi connectivity index (χ1v) is 18.0. The van der Waals surface area contributed by atoms with Crippen molar-refractivity contribution >= 4 is 0 Å². The summed E-state index contributed by atoms with van der Waals surface area (Å²) in [5, 5.41) is 42.3. The summed E-state index contributed by atoms with van der Waals surface area (Å²) in [4.78, 5) is 0. The van der Waals surface area contributed by atoms with Gasteiger partial charge in [0, 0.05) is 24.4 Å². The largest absolute Gasteiger partial charge is 0.507 e. The van der Waals surface area contributed by atoms with Gasteiger partial charge >= 0.3 is 0 Å². The number of benzene rings is 2. The van der Waals surface area contributed by atoms with Gasteiger partial charge < -0.3 is 20.4 Å². The van der Waals surface area contributed by atoms with Crippen molar-refractivity contribution in [3.8, 4) is 23.0 Å². The summed E-state index contributed by atoms with van der Waals surface area (Å²) in [5.74, 6) is 2.39. The maximum atomic E-state index is 10.6. The molecule has 2 aliphatic carbocycles. The number of rotatable bonds is 12. The van der Waals surface area contributed by atoms with E-state index in [0.29, 0.717) is 17.4 Å². The SMILES string of the molecule is C=C(C)[C@@H]1CCC(C)=CC1c1c(O)cc(CCCCC)cc1O.CCCCCc1cc(O)c(C2C=C(C)CC[C@H]2C(C)C)c(O)c1.[HH]. The van der Waals surface area contributed by atoms with Crippen LogP contribution in [0.5, 0.6) is 23.0 Å². The zero-order chi connectivity index (χ0) is 34.0. The fourth-order valence-electron chi connectivity index (χ4n) is 7.53. The molecule has 0 saturated heterocycles. The average Bonchev–Trinajstić information content (AvgIpc) is 2.97. The van der Waals surface area contributed by atoms with Gasteiger partial charge in [-0.1, -0.05) is 88.8 Å². The van der Waals surface area contributed by atoms with Gasteiger partial charge in [0.05, 0.1) is 0 Å². The van der Waals surface area contributed by atoms with Gasteiger partial charge in [-0.2, -0.15) is 0 Å². The van der Waals surface area contributed by atoms with Gasteiger partial charge in [0.2, 0.25) is 0 Å². The highest BCUT2D eigenvalue weighted by atomic mass is 16.3. The number of unbranched alkanes of at least 4 members (excludes halogenated alkanes) is 4. The smallest absolute Gasteiger partial charge is 0.123 e. The summed E-state index contributed by atoms with van der Waals surface area (Å²) in [7, 11) is 0. The molecule has 0 aliphatic heterocycles. The van der Waals surface area contributed by atoms with Crippen LogP contribution in [0, 0.1) is 17.8 Å². The molecule has 0 fully saturated rings. The summed E-state index contributed by atoms with van der Waals surface area (Å²) < 4.78 is 0. The number of phenols is 4. The molecule has 4 N–H and O–H groups in total. The first-order chi connectivity index (χ1) is 21.9.